The molecule has 2 aromatic carbocycles. The van der Waals surface area contributed by atoms with Crippen molar-refractivity contribution in [1.82, 2.24) is 0 Å². The first-order valence-corrected chi connectivity index (χ1v) is 4.94. The highest BCUT2D eigenvalue weighted by atomic mass is 19.2. The van der Waals surface area contributed by atoms with Crippen molar-refractivity contribution in [3.8, 4) is 11.1 Å². The summed E-state index contributed by atoms with van der Waals surface area (Å²) in [6.07, 6.45) is 0.319. The minimum Gasteiger partial charge on any atom is -0.298 e. The largest absolute Gasteiger partial charge is 0.298 e. The van der Waals surface area contributed by atoms with E-state index < -0.39 is 28.8 Å². The van der Waals surface area contributed by atoms with Gasteiger partial charge in [0.1, 0.15) is 5.82 Å². The van der Waals surface area contributed by atoms with E-state index in [1.807, 2.05) is 0 Å². The lowest BCUT2D eigenvalue weighted by Gasteiger charge is -2.08. The van der Waals surface area contributed by atoms with Gasteiger partial charge in [0, 0.05) is 16.7 Å². The maximum absolute atomic E-state index is 13.6. The number of benzene rings is 2. The summed E-state index contributed by atoms with van der Waals surface area (Å²) < 4.78 is 53.0. The van der Waals surface area contributed by atoms with Crippen molar-refractivity contribution < 1.29 is 22.4 Å². The summed E-state index contributed by atoms with van der Waals surface area (Å²) in [5.74, 6) is -5.49. The highest BCUT2D eigenvalue weighted by molar-refractivity contribution is 5.87. The van der Waals surface area contributed by atoms with E-state index in [0.717, 1.165) is 12.1 Å². The van der Waals surface area contributed by atoms with E-state index >= 15 is 0 Å². The first-order valence-electron chi connectivity index (χ1n) is 4.94. The predicted octanol–water partition coefficient (Wildman–Crippen LogP) is 3.72. The van der Waals surface area contributed by atoms with Crippen LogP contribution >= 0.6 is 0 Å². The first kappa shape index (κ1) is 12.3. The molecule has 0 radical (unpaired) electrons. The number of carbonyl (C=O) groups is 1. The molecular formula is C13H6F4O. The van der Waals surface area contributed by atoms with Crippen LogP contribution in [0.25, 0.3) is 11.1 Å². The molecule has 0 spiro atoms. The molecule has 0 saturated heterocycles. The molecule has 0 amide bonds. The number of carbonyl (C=O) groups excluding carboxylic acids is 1. The average Bonchev–Trinajstić information content (AvgIpc) is 2.37. The van der Waals surface area contributed by atoms with E-state index in [9.17, 15) is 22.4 Å². The molecule has 0 aliphatic rings. The Morgan fingerprint density at radius 2 is 1.56 bits per heavy atom. The molecule has 18 heavy (non-hydrogen) atoms. The highest BCUT2D eigenvalue weighted by Gasteiger charge is 2.19. The average molecular weight is 254 g/mol. The number of hydrogen-bond donors (Lipinski definition) is 0. The van der Waals surface area contributed by atoms with Crippen LogP contribution in [-0.4, -0.2) is 6.29 Å². The second-order valence-corrected chi connectivity index (χ2v) is 3.54. The fourth-order valence-electron chi connectivity index (χ4n) is 1.64. The molecule has 2 aromatic rings. The fourth-order valence-corrected chi connectivity index (χ4v) is 1.64. The molecule has 0 aromatic heterocycles. The normalized spacial score (nSPS) is 10.4. The van der Waals surface area contributed by atoms with E-state index in [1.165, 1.54) is 12.1 Å². The van der Waals surface area contributed by atoms with Crippen molar-refractivity contribution in [3.63, 3.8) is 0 Å². The summed E-state index contributed by atoms with van der Waals surface area (Å²) in [6.45, 7) is 0. The first-order chi connectivity index (χ1) is 8.56. The van der Waals surface area contributed by atoms with Gasteiger partial charge < -0.3 is 0 Å². The molecule has 0 aliphatic heterocycles. The van der Waals surface area contributed by atoms with Crippen LogP contribution < -0.4 is 0 Å². The van der Waals surface area contributed by atoms with Crippen LogP contribution in [0.1, 0.15) is 10.4 Å². The SMILES string of the molecule is O=Cc1cccc(F)c1-c1ccc(F)c(F)c1F. The van der Waals surface area contributed by atoms with Crippen LogP contribution in [-0.2, 0) is 0 Å². The number of rotatable bonds is 2. The Kier molecular flexibility index (Phi) is 3.14. The van der Waals surface area contributed by atoms with Gasteiger partial charge in [0.15, 0.2) is 23.7 Å². The second-order valence-electron chi connectivity index (χ2n) is 3.54. The van der Waals surface area contributed by atoms with Gasteiger partial charge in [0.25, 0.3) is 0 Å². The maximum atomic E-state index is 13.6. The van der Waals surface area contributed by atoms with Gasteiger partial charge in [0.2, 0.25) is 0 Å². The van der Waals surface area contributed by atoms with Gasteiger partial charge in [-0.05, 0) is 18.2 Å². The fraction of sp³-hybridized carbons (Fsp3) is 0. The third-order valence-electron chi connectivity index (χ3n) is 2.48. The Hall–Kier alpha value is -2.17. The third kappa shape index (κ3) is 1.88. The zero-order valence-corrected chi connectivity index (χ0v) is 8.88. The Bertz CT molecular complexity index is 623. The quantitative estimate of drug-likeness (QED) is 0.453. The van der Waals surface area contributed by atoms with Gasteiger partial charge in [-0.15, -0.1) is 0 Å². The number of hydrogen-bond acceptors (Lipinski definition) is 1. The van der Waals surface area contributed by atoms with Crippen molar-refractivity contribution in [2.24, 2.45) is 0 Å². The molecule has 0 saturated carbocycles. The van der Waals surface area contributed by atoms with Crippen molar-refractivity contribution in [2.75, 3.05) is 0 Å². The van der Waals surface area contributed by atoms with E-state index in [4.69, 9.17) is 0 Å². The van der Waals surface area contributed by atoms with Crippen molar-refractivity contribution in [3.05, 3.63) is 59.2 Å². The van der Waals surface area contributed by atoms with E-state index in [2.05, 4.69) is 0 Å². The van der Waals surface area contributed by atoms with E-state index in [0.29, 0.717) is 12.4 Å². The molecule has 0 atom stereocenters. The molecule has 0 N–H and O–H groups in total. The zero-order chi connectivity index (χ0) is 13.3. The Labute approximate surface area is 99.7 Å². The molecular weight excluding hydrogens is 248 g/mol. The molecule has 92 valence electrons. The molecule has 0 fully saturated rings. The number of aldehydes is 1. The molecule has 0 unspecified atom stereocenters. The van der Waals surface area contributed by atoms with Gasteiger partial charge in [-0.25, -0.2) is 17.6 Å². The summed E-state index contributed by atoms with van der Waals surface area (Å²) in [7, 11) is 0. The van der Waals surface area contributed by atoms with Crippen LogP contribution in [0, 0.1) is 23.3 Å². The highest BCUT2D eigenvalue weighted by Crippen LogP contribution is 2.30. The molecule has 0 bridgehead atoms. The second kappa shape index (κ2) is 4.60. The van der Waals surface area contributed by atoms with Crippen LogP contribution in [0.2, 0.25) is 0 Å². The van der Waals surface area contributed by atoms with Crippen LogP contribution in [0.5, 0.6) is 0 Å². The van der Waals surface area contributed by atoms with Gasteiger partial charge in [-0.3, -0.25) is 4.79 Å². The monoisotopic (exact) mass is 254 g/mol. The van der Waals surface area contributed by atoms with Crippen LogP contribution in [0.3, 0.4) is 0 Å². The molecule has 1 nitrogen and oxygen atoms in total. The summed E-state index contributed by atoms with van der Waals surface area (Å²) in [4.78, 5) is 10.8. The minimum atomic E-state index is -1.70. The topological polar surface area (TPSA) is 17.1 Å². The summed E-state index contributed by atoms with van der Waals surface area (Å²) in [5.41, 5.74) is -1.02. The Morgan fingerprint density at radius 3 is 2.22 bits per heavy atom. The standard InChI is InChI=1S/C13H6F4O/c14-9-3-1-2-7(6-18)11(9)8-4-5-10(15)13(17)12(8)16/h1-6H. The summed E-state index contributed by atoms with van der Waals surface area (Å²) >= 11 is 0. The molecule has 0 aliphatic carbocycles. The Balaban J connectivity index is 2.77. The zero-order valence-electron chi connectivity index (χ0n) is 8.88. The lowest BCUT2D eigenvalue weighted by atomic mass is 9.99. The maximum Gasteiger partial charge on any atom is 0.195 e. The minimum absolute atomic E-state index is 0.139. The van der Waals surface area contributed by atoms with Crippen molar-refractivity contribution in [2.45, 2.75) is 0 Å². The van der Waals surface area contributed by atoms with Crippen LogP contribution in [0.4, 0.5) is 17.6 Å². The van der Waals surface area contributed by atoms with Crippen LogP contribution in [0.15, 0.2) is 30.3 Å². The molecule has 2 rings (SSSR count). The van der Waals surface area contributed by atoms with Gasteiger partial charge in [0.05, 0.1) is 0 Å². The summed E-state index contributed by atoms with van der Waals surface area (Å²) in [5, 5.41) is 0. The van der Waals surface area contributed by atoms with Gasteiger partial charge >= 0.3 is 0 Å². The van der Waals surface area contributed by atoms with Crippen molar-refractivity contribution >= 4 is 6.29 Å². The molecule has 0 heterocycles. The lowest BCUT2D eigenvalue weighted by Crippen LogP contribution is -1.98. The van der Waals surface area contributed by atoms with Crippen molar-refractivity contribution in [1.29, 1.82) is 0 Å². The number of halogens is 4. The van der Waals surface area contributed by atoms with Gasteiger partial charge in [-0.2, -0.15) is 0 Å². The Morgan fingerprint density at radius 1 is 0.833 bits per heavy atom. The van der Waals surface area contributed by atoms with Gasteiger partial charge in [-0.1, -0.05) is 12.1 Å². The summed E-state index contributed by atoms with van der Waals surface area (Å²) in [6, 6.07) is 5.09. The lowest BCUT2D eigenvalue weighted by molar-refractivity contribution is 0.112. The smallest absolute Gasteiger partial charge is 0.195 e. The van der Waals surface area contributed by atoms with E-state index in [1.54, 1.807) is 0 Å². The predicted molar refractivity (Wildman–Crippen MR) is 57.1 cm³/mol. The third-order valence-corrected chi connectivity index (χ3v) is 2.48. The van der Waals surface area contributed by atoms with E-state index in [-0.39, 0.29) is 11.1 Å². The molecule has 5 heteroatoms.